The lowest BCUT2D eigenvalue weighted by Gasteiger charge is -2.17. The SMILES string of the molecule is CC(C)(C)Sc1ccc(-c2cc(CI)nc(CI)c2)cc1. The van der Waals surface area contributed by atoms with Crippen molar-refractivity contribution < 1.29 is 0 Å². The van der Waals surface area contributed by atoms with Crippen molar-refractivity contribution in [1.29, 1.82) is 0 Å². The Morgan fingerprint density at radius 2 is 1.43 bits per heavy atom. The zero-order valence-corrected chi connectivity index (χ0v) is 17.6. The predicted molar refractivity (Wildman–Crippen MR) is 111 cm³/mol. The molecule has 0 aliphatic carbocycles. The summed E-state index contributed by atoms with van der Waals surface area (Å²) in [6.07, 6.45) is 0. The number of hydrogen-bond acceptors (Lipinski definition) is 2. The van der Waals surface area contributed by atoms with Crippen LogP contribution in [0.5, 0.6) is 0 Å². The lowest BCUT2D eigenvalue weighted by atomic mass is 10.1. The third-order valence-corrected chi connectivity index (χ3v) is 5.50. The first-order valence-corrected chi connectivity index (χ1v) is 10.7. The van der Waals surface area contributed by atoms with E-state index in [1.807, 2.05) is 11.8 Å². The highest BCUT2D eigenvalue weighted by molar-refractivity contribution is 14.1. The zero-order chi connectivity index (χ0) is 15.5. The number of aromatic nitrogens is 1. The van der Waals surface area contributed by atoms with Crippen molar-refractivity contribution in [3.05, 3.63) is 47.8 Å². The van der Waals surface area contributed by atoms with Crippen molar-refractivity contribution in [1.82, 2.24) is 4.98 Å². The molecule has 1 aromatic heterocycles. The van der Waals surface area contributed by atoms with Crippen molar-refractivity contribution in [3.8, 4) is 11.1 Å². The van der Waals surface area contributed by atoms with E-state index in [-0.39, 0.29) is 4.75 Å². The number of hydrogen-bond donors (Lipinski definition) is 0. The summed E-state index contributed by atoms with van der Waals surface area (Å²) in [5, 5.41) is 0. The minimum absolute atomic E-state index is 0.251. The second-order valence-electron chi connectivity index (χ2n) is 5.84. The average Bonchev–Trinajstić information content (AvgIpc) is 2.45. The van der Waals surface area contributed by atoms with Crippen molar-refractivity contribution in [3.63, 3.8) is 0 Å². The number of thioether (sulfide) groups is 1. The molecule has 0 saturated carbocycles. The van der Waals surface area contributed by atoms with Crippen LogP contribution in [0.3, 0.4) is 0 Å². The summed E-state index contributed by atoms with van der Waals surface area (Å²) in [6.45, 7) is 6.73. The molecule has 0 spiro atoms. The fourth-order valence-corrected chi connectivity index (χ4v) is 3.78. The number of benzene rings is 1. The Bertz CT molecular complexity index is 581. The summed E-state index contributed by atoms with van der Waals surface area (Å²) >= 11 is 6.65. The van der Waals surface area contributed by atoms with E-state index in [1.54, 1.807) is 0 Å². The highest BCUT2D eigenvalue weighted by atomic mass is 127. The Morgan fingerprint density at radius 1 is 0.905 bits per heavy atom. The van der Waals surface area contributed by atoms with Gasteiger partial charge in [0.05, 0.1) is 11.4 Å². The standard InChI is InChI=1S/C17H19I2NS/c1-17(2,3)21-16-6-4-12(5-7-16)13-8-14(10-18)20-15(9-13)11-19/h4-9H,10-11H2,1-3H3. The summed E-state index contributed by atoms with van der Waals surface area (Å²) < 4.78 is 2.15. The molecule has 112 valence electrons. The molecule has 2 rings (SSSR count). The second-order valence-corrected chi connectivity index (χ2v) is 9.27. The van der Waals surface area contributed by atoms with Crippen LogP contribution in [0.15, 0.2) is 41.3 Å². The van der Waals surface area contributed by atoms with Gasteiger partial charge >= 0.3 is 0 Å². The van der Waals surface area contributed by atoms with Crippen LogP contribution in [0.1, 0.15) is 32.2 Å². The summed E-state index contributed by atoms with van der Waals surface area (Å²) in [5.41, 5.74) is 4.87. The molecule has 4 heteroatoms. The fraction of sp³-hybridized carbons (Fsp3) is 0.353. The van der Waals surface area contributed by atoms with Gasteiger partial charge in [-0.25, -0.2) is 0 Å². The molecule has 1 nitrogen and oxygen atoms in total. The van der Waals surface area contributed by atoms with E-state index in [0.29, 0.717) is 0 Å². The summed E-state index contributed by atoms with van der Waals surface area (Å²) in [5.74, 6) is 0. The fourth-order valence-electron chi connectivity index (χ4n) is 2.02. The quantitative estimate of drug-likeness (QED) is 0.258. The number of halogens is 2. The maximum absolute atomic E-state index is 4.64. The van der Waals surface area contributed by atoms with Crippen LogP contribution in [0, 0.1) is 0 Å². The molecule has 0 unspecified atom stereocenters. The molecule has 0 N–H and O–H groups in total. The lowest BCUT2D eigenvalue weighted by Crippen LogP contribution is -2.06. The Morgan fingerprint density at radius 3 is 1.86 bits per heavy atom. The van der Waals surface area contributed by atoms with Crippen LogP contribution in [0.4, 0.5) is 0 Å². The van der Waals surface area contributed by atoms with E-state index in [1.165, 1.54) is 16.0 Å². The van der Waals surface area contributed by atoms with Gasteiger partial charge in [0.2, 0.25) is 0 Å². The lowest BCUT2D eigenvalue weighted by molar-refractivity contribution is 0.803. The molecule has 2 aromatic rings. The van der Waals surface area contributed by atoms with Gasteiger partial charge < -0.3 is 0 Å². The van der Waals surface area contributed by atoms with Gasteiger partial charge in [-0.3, -0.25) is 4.98 Å². The Hall–Kier alpha value is 0.180. The van der Waals surface area contributed by atoms with Crippen molar-refractivity contribution in [2.45, 2.75) is 39.3 Å². The van der Waals surface area contributed by atoms with Gasteiger partial charge in [-0.1, -0.05) is 78.1 Å². The predicted octanol–water partition coefficient (Wildman–Crippen LogP) is 6.51. The van der Waals surface area contributed by atoms with Gasteiger partial charge in [0.15, 0.2) is 0 Å². The van der Waals surface area contributed by atoms with E-state index in [2.05, 4.69) is 107 Å². The van der Waals surface area contributed by atoms with Crippen LogP contribution in [0.25, 0.3) is 11.1 Å². The van der Waals surface area contributed by atoms with Gasteiger partial charge in [-0.15, -0.1) is 11.8 Å². The van der Waals surface area contributed by atoms with Crippen molar-refractivity contribution in [2.75, 3.05) is 0 Å². The first kappa shape index (κ1) is 17.5. The minimum atomic E-state index is 0.251. The Labute approximate surface area is 159 Å². The average molecular weight is 523 g/mol. The van der Waals surface area contributed by atoms with Crippen LogP contribution in [-0.4, -0.2) is 9.73 Å². The number of rotatable bonds is 4. The van der Waals surface area contributed by atoms with E-state index in [9.17, 15) is 0 Å². The van der Waals surface area contributed by atoms with Crippen molar-refractivity contribution >= 4 is 56.9 Å². The van der Waals surface area contributed by atoms with E-state index >= 15 is 0 Å². The molecule has 0 atom stereocenters. The van der Waals surface area contributed by atoms with E-state index in [4.69, 9.17) is 0 Å². The minimum Gasteiger partial charge on any atom is -0.256 e. The molecule has 0 bridgehead atoms. The molecule has 21 heavy (non-hydrogen) atoms. The Balaban J connectivity index is 2.30. The van der Waals surface area contributed by atoms with Crippen LogP contribution < -0.4 is 0 Å². The third kappa shape index (κ3) is 5.39. The molecular formula is C17H19I2NS. The van der Waals surface area contributed by atoms with Gasteiger partial charge in [0.1, 0.15) is 0 Å². The molecule has 0 fully saturated rings. The van der Waals surface area contributed by atoms with Gasteiger partial charge in [0.25, 0.3) is 0 Å². The van der Waals surface area contributed by atoms with Gasteiger partial charge in [0, 0.05) is 18.5 Å². The van der Waals surface area contributed by atoms with Crippen LogP contribution >= 0.6 is 56.9 Å². The molecule has 1 aromatic carbocycles. The van der Waals surface area contributed by atoms with Gasteiger partial charge in [-0.05, 0) is 35.4 Å². The normalized spacial score (nSPS) is 11.7. The highest BCUT2D eigenvalue weighted by Gasteiger charge is 2.12. The monoisotopic (exact) mass is 523 g/mol. The highest BCUT2D eigenvalue weighted by Crippen LogP contribution is 2.33. The maximum atomic E-state index is 4.64. The largest absolute Gasteiger partial charge is 0.256 e. The molecule has 0 radical (unpaired) electrons. The Kier molecular flexibility index (Phi) is 6.38. The second kappa shape index (κ2) is 7.64. The third-order valence-electron chi connectivity index (χ3n) is 2.82. The summed E-state index contributed by atoms with van der Waals surface area (Å²) in [4.78, 5) is 5.97. The number of pyridine rings is 1. The first-order valence-electron chi connectivity index (χ1n) is 6.82. The number of alkyl halides is 2. The number of nitrogens with zero attached hydrogens (tertiary/aromatic N) is 1. The smallest absolute Gasteiger partial charge is 0.0510 e. The summed E-state index contributed by atoms with van der Waals surface area (Å²) in [6, 6.07) is 13.3. The van der Waals surface area contributed by atoms with Crippen LogP contribution in [0.2, 0.25) is 0 Å². The van der Waals surface area contributed by atoms with Crippen LogP contribution in [-0.2, 0) is 8.86 Å². The molecule has 0 aliphatic heterocycles. The van der Waals surface area contributed by atoms with Gasteiger partial charge in [-0.2, -0.15) is 0 Å². The molecule has 0 amide bonds. The first-order chi connectivity index (χ1) is 9.91. The van der Waals surface area contributed by atoms with E-state index < -0.39 is 0 Å². The molecule has 1 heterocycles. The van der Waals surface area contributed by atoms with Crippen molar-refractivity contribution in [2.24, 2.45) is 0 Å². The topological polar surface area (TPSA) is 12.9 Å². The maximum Gasteiger partial charge on any atom is 0.0510 e. The molecule has 0 aliphatic rings. The molecular weight excluding hydrogens is 504 g/mol. The molecule has 0 saturated heterocycles. The van der Waals surface area contributed by atoms with E-state index in [0.717, 1.165) is 20.2 Å². The summed E-state index contributed by atoms with van der Waals surface area (Å²) in [7, 11) is 0. The zero-order valence-electron chi connectivity index (χ0n) is 12.5.